The monoisotopic (exact) mass is 280 g/mol. The van der Waals surface area contributed by atoms with Crippen molar-refractivity contribution in [2.24, 2.45) is 5.41 Å². The molecule has 2 nitrogen and oxygen atoms in total. The Bertz CT molecular complexity index is 594. The van der Waals surface area contributed by atoms with Crippen molar-refractivity contribution in [1.29, 1.82) is 0 Å². The Morgan fingerprint density at radius 2 is 1.48 bits per heavy atom. The zero-order valence-corrected chi connectivity index (χ0v) is 12.5. The van der Waals surface area contributed by atoms with Gasteiger partial charge in [0.25, 0.3) is 0 Å². The first-order chi connectivity index (χ1) is 10.1. The van der Waals surface area contributed by atoms with Crippen LogP contribution in [0, 0.1) is 5.41 Å². The number of carbonyl (C=O) groups excluding carboxylic acids is 1. The minimum absolute atomic E-state index is 0.0993. The number of rotatable bonds is 4. The van der Waals surface area contributed by atoms with Crippen LogP contribution < -0.4 is 0 Å². The van der Waals surface area contributed by atoms with E-state index in [2.05, 4.69) is 24.3 Å². The highest BCUT2D eigenvalue weighted by Gasteiger charge is 2.71. The van der Waals surface area contributed by atoms with Gasteiger partial charge in [0.2, 0.25) is 0 Å². The van der Waals surface area contributed by atoms with Gasteiger partial charge in [-0.05, 0) is 31.4 Å². The van der Waals surface area contributed by atoms with E-state index in [1.165, 1.54) is 11.1 Å². The molecule has 108 valence electrons. The summed E-state index contributed by atoms with van der Waals surface area (Å²) in [6.45, 7) is 4.30. The van der Waals surface area contributed by atoms with Gasteiger partial charge >= 0.3 is 5.97 Å². The molecule has 0 heterocycles. The smallest absolute Gasteiger partial charge is 0.313 e. The fraction of sp³-hybridized carbons (Fsp3) is 0.316. The molecule has 2 heteroatoms. The second-order valence-electron chi connectivity index (χ2n) is 5.87. The fourth-order valence-corrected chi connectivity index (χ4v) is 3.48. The van der Waals surface area contributed by atoms with Crippen molar-refractivity contribution in [3.05, 3.63) is 71.8 Å². The highest BCUT2D eigenvalue weighted by molar-refractivity contribution is 5.85. The molecular formula is C19H20O2. The molecule has 1 saturated carbocycles. The number of hydrogen-bond donors (Lipinski definition) is 0. The maximum atomic E-state index is 12.5. The van der Waals surface area contributed by atoms with Crippen LogP contribution in [0.15, 0.2) is 60.7 Å². The molecule has 0 amide bonds. The molecule has 0 bridgehead atoms. The Hall–Kier alpha value is -2.09. The minimum atomic E-state index is -0.480. The Morgan fingerprint density at radius 3 is 1.90 bits per heavy atom. The van der Waals surface area contributed by atoms with E-state index >= 15 is 0 Å². The molecule has 1 fully saturated rings. The zero-order chi connectivity index (χ0) is 14.9. The molecule has 1 aliphatic carbocycles. The standard InChI is InChI=1S/C19H20O2/c1-3-21-17(20)18(2)14-19(18,15-10-6-4-7-11-15)16-12-8-5-9-13-16/h4-13H,3,14H2,1-2H3/t18-/m1/s1. The number of esters is 1. The van der Waals surface area contributed by atoms with E-state index in [0.717, 1.165) is 6.42 Å². The molecular weight excluding hydrogens is 260 g/mol. The molecule has 0 saturated heterocycles. The average Bonchev–Trinajstić information content (AvgIpc) is 3.18. The van der Waals surface area contributed by atoms with Gasteiger partial charge in [-0.2, -0.15) is 0 Å². The second kappa shape index (κ2) is 5.03. The van der Waals surface area contributed by atoms with Crippen LogP contribution in [0.25, 0.3) is 0 Å². The van der Waals surface area contributed by atoms with Crippen molar-refractivity contribution in [2.75, 3.05) is 6.61 Å². The predicted molar refractivity (Wildman–Crippen MR) is 83.0 cm³/mol. The lowest BCUT2D eigenvalue weighted by molar-refractivity contribution is -0.149. The third-order valence-corrected chi connectivity index (χ3v) is 4.69. The third-order valence-electron chi connectivity index (χ3n) is 4.69. The van der Waals surface area contributed by atoms with E-state index in [-0.39, 0.29) is 11.4 Å². The van der Waals surface area contributed by atoms with Gasteiger partial charge in [0.1, 0.15) is 0 Å². The lowest BCUT2D eigenvalue weighted by atomic mass is 9.81. The largest absolute Gasteiger partial charge is 0.466 e. The molecule has 2 aromatic carbocycles. The molecule has 0 N–H and O–H groups in total. The number of benzene rings is 2. The number of hydrogen-bond acceptors (Lipinski definition) is 2. The molecule has 0 radical (unpaired) electrons. The van der Waals surface area contributed by atoms with E-state index < -0.39 is 5.41 Å². The van der Waals surface area contributed by atoms with Gasteiger partial charge in [-0.3, -0.25) is 4.79 Å². The maximum Gasteiger partial charge on any atom is 0.313 e. The van der Waals surface area contributed by atoms with E-state index in [0.29, 0.717) is 6.61 Å². The molecule has 0 spiro atoms. The number of carbonyl (C=O) groups is 1. The summed E-state index contributed by atoms with van der Waals surface area (Å²) in [5.74, 6) is -0.0993. The lowest BCUT2D eigenvalue weighted by Crippen LogP contribution is -2.27. The van der Waals surface area contributed by atoms with Crippen molar-refractivity contribution in [3.8, 4) is 0 Å². The molecule has 21 heavy (non-hydrogen) atoms. The quantitative estimate of drug-likeness (QED) is 0.793. The van der Waals surface area contributed by atoms with Crippen LogP contribution in [-0.4, -0.2) is 12.6 Å². The van der Waals surface area contributed by atoms with E-state index in [1.807, 2.05) is 50.2 Å². The summed E-state index contributed by atoms with van der Waals surface area (Å²) in [5, 5.41) is 0. The first kappa shape index (κ1) is 13.9. The first-order valence-electron chi connectivity index (χ1n) is 7.43. The van der Waals surface area contributed by atoms with Gasteiger partial charge in [0, 0.05) is 5.41 Å². The Morgan fingerprint density at radius 1 is 1.00 bits per heavy atom. The zero-order valence-electron chi connectivity index (χ0n) is 12.5. The fourth-order valence-electron chi connectivity index (χ4n) is 3.48. The minimum Gasteiger partial charge on any atom is -0.466 e. The Labute approximate surface area is 125 Å². The summed E-state index contributed by atoms with van der Waals surface area (Å²) in [5.41, 5.74) is 1.63. The van der Waals surface area contributed by atoms with Gasteiger partial charge in [-0.1, -0.05) is 60.7 Å². The van der Waals surface area contributed by atoms with Crippen molar-refractivity contribution >= 4 is 5.97 Å². The van der Waals surface area contributed by atoms with Crippen LogP contribution in [0.2, 0.25) is 0 Å². The molecule has 1 atom stereocenters. The third kappa shape index (κ3) is 1.98. The van der Waals surface area contributed by atoms with Gasteiger partial charge in [0.15, 0.2) is 0 Å². The molecule has 3 rings (SSSR count). The average molecular weight is 280 g/mol. The van der Waals surface area contributed by atoms with Crippen LogP contribution in [-0.2, 0) is 14.9 Å². The highest BCUT2D eigenvalue weighted by Crippen LogP contribution is 2.68. The topological polar surface area (TPSA) is 26.3 Å². The predicted octanol–water partition coefficient (Wildman–Crippen LogP) is 3.95. The molecule has 1 aliphatic rings. The summed E-state index contributed by atoms with van der Waals surface area (Å²) in [6, 6.07) is 20.6. The molecule has 0 aliphatic heterocycles. The summed E-state index contributed by atoms with van der Waals surface area (Å²) < 4.78 is 5.33. The van der Waals surface area contributed by atoms with E-state index in [9.17, 15) is 4.79 Å². The van der Waals surface area contributed by atoms with Gasteiger partial charge < -0.3 is 4.74 Å². The van der Waals surface area contributed by atoms with Crippen LogP contribution in [0.1, 0.15) is 31.4 Å². The van der Waals surface area contributed by atoms with Crippen LogP contribution in [0.5, 0.6) is 0 Å². The van der Waals surface area contributed by atoms with Crippen LogP contribution >= 0.6 is 0 Å². The van der Waals surface area contributed by atoms with Crippen molar-refractivity contribution in [2.45, 2.75) is 25.7 Å². The van der Waals surface area contributed by atoms with E-state index in [4.69, 9.17) is 4.74 Å². The van der Waals surface area contributed by atoms with Gasteiger partial charge in [-0.15, -0.1) is 0 Å². The molecule has 0 aromatic heterocycles. The summed E-state index contributed by atoms with van der Waals surface area (Å²) >= 11 is 0. The van der Waals surface area contributed by atoms with Crippen molar-refractivity contribution in [3.63, 3.8) is 0 Å². The van der Waals surface area contributed by atoms with Crippen LogP contribution in [0.4, 0.5) is 0 Å². The van der Waals surface area contributed by atoms with E-state index in [1.54, 1.807) is 0 Å². The van der Waals surface area contributed by atoms with Crippen molar-refractivity contribution in [1.82, 2.24) is 0 Å². The Kier molecular flexibility index (Phi) is 3.32. The first-order valence-corrected chi connectivity index (χ1v) is 7.43. The normalized spacial score (nSPS) is 22.6. The summed E-state index contributed by atoms with van der Waals surface area (Å²) in [7, 11) is 0. The van der Waals surface area contributed by atoms with Gasteiger partial charge in [0.05, 0.1) is 12.0 Å². The molecule has 0 unspecified atom stereocenters. The SMILES string of the molecule is CCOC(=O)[C@@]1(C)CC1(c1ccccc1)c1ccccc1. The Balaban J connectivity index is 2.10. The highest BCUT2D eigenvalue weighted by atomic mass is 16.5. The number of ether oxygens (including phenoxy) is 1. The lowest BCUT2D eigenvalue weighted by Gasteiger charge is -2.23. The second-order valence-corrected chi connectivity index (χ2v) is 5.87. The summed E-state index contributed by atoms with van der Waals surface area (Å²) in [6.07, 6.45) is 0.798. The maximum absolute atomic E-state index is 12.5. The molecule has 2 aromatic rings. The summed E-state index contributed by atoms with van der Waals surface area (Å²) in [4.78, 5) is 12.5. The van der Waals surface area contributed by atoms with Crippen LogP contribution in [0.3, 0.4) is 0 Å². The van der Waals surface area contributed by atoms with Gasteiger partial charge in [-0.25, -0.2) is 0 Å². The van der Waals surface area contributed by atoms with Crippen molar-refractivity contribution < 1.29 is 9.53 Å².